The van der Waals surface area contributed by atoms with Crippen molar-refractivity contribution in [3.63, 3.8) is 0 Å². The van der Waals surface area contributed by atoms with Crippen molar-refractivity contribution in [3.8, 4) is 0 Å². The molecule has 0 amide bonds. The predicted octanol–water partition coefficient (Wildman–Crippen LogP) is 2.91. The van der Waals surface area contributed by atoms with Gasteiger partial charge in [0.15, 0.2) is 0 Å². The third-order valence-electron chi connectivity index (χ3n) is 2.69. The first-order valence-electron chi connectivity index (χ1n) is 6.38. The molecular formula is C13H18BrFN2O2S2. The zero-order valence-electron chi connectivity index (χ0n) is 11.8. The Kier molecular flexibility index (Phi) is 6.71. The summed E-state index contributed by atoms with van der Waals surface area (Å²) in [6.45, 7) is 4.20. The molecular weight excluding hydrogens is 379 g/mol. The summed E-state index contributed by atoms with van der Waals surface area (Å²) in [6, 6.07) is 3.88. The van der Waals surface area contributed by atoms with Gasteiger partial charge in [-0.25, -0.2) is 12.8 Å². The molecule has 0 heterocycles. The van der Waals surface area contributed by atoms with Gasteiger partial charge < -0.3 is 5.73 Å². The average Bonchev–Trinajstić information content (AvgIpc) is 2.33. The number of halogens is 2. The molecule has 0 unspecified atom stereocenters. The average molecular weight is 397 g/mol. The number of hydrogen-bond donors (Lipinski definition) is 1. The van der Waals surface area contributed by atoms with E-state index in [1.807, 2.05) is 13.8 Å². The van der Waals surface area contributed by atoms with Gasteiger partial charge in [0.05, 0.1) is 4.99 Å². The fraction of sp³-hybridized carbons (Fsp3) is 0.462. The van der Waals surface area contributed by atoms with Crippen molar-refractivity contribution >= 4 is 43.2 Å². The maximum atomic E-state index is 14.0. The van der Waals surface area contributed by atoms with E-state index in [4.69, 9.17) is 18.0 Å². The van der Waals surface area contributed by atoms with Crippen molar-refractivity contribution in [2.45, 2.75) is 25.2 Å². The quantitative estimate of drug-likeness (QED) is 0.719. The molecule has 0 aliphatic rings. The van der Waals surface area contributed by atoms with E-state index in [2.05, 4.69) is 15.9 Å². The zero-order valence-corrected chi connectivity index (χ0v) is 15.1. The molecule has 4 nitrogen and oxygen atoms in total. The fourth-order valence-electron chi connectivity index (χ4n) is 1.78. The highest BCUT2D eigenvalue weighted by Gasteiger charge is 2.28. The first-order valence-corrected chi connectivity index (χ1v) is 9.02. The molecule has 0 atom stereocenters. The van der Waals surface area contributed by atoms with E-state index >= 15 is 0 Å². The zero-order chi connectivity index (χ0) is 16.2. The first kappa shape index (κ1) is 18.5. The van der Waals surface area contributed by atoms with Crippen molar-refractivity contribution in [1.29, 1.82) is 0 Å². The molecule has 0 saturated heterocycles. The molecule has 118 valence electrons. The standard InChI is InChI=1S/C13H18BrFN2O2S2/c1-9(2)8-17(6-5-13(16)20)21(18,19)12-4-3-10(14)7-11(12)15/h3-4,7,9H,5-6,8H2,1-2H3,(H2,16,20). The van der Waals surface area contributed by atoms with E-state index in [0.29, 0.717) is 4.47 Å². The summed E-state index contributed by atoms with van der Waals surface area (Å²) >= 11 is 7.89. The Hall–Kier alpha value is -0.570. The van der Waals surface area contributed by atoms with E-state index in [0.717, 1.165) is 6.07 Å². The molecule has 21 heavy (non-hydrogen) atoms. The molecule has 0 spiro atoms. The summed E-state index contributed by atoms with van der Waals surface area (Å²) in [5.41, 5.74) is 5.43. The Balaban J connectivity index is 3.16. The number of benzene rings is 1. The number of sulfonamides is 1. The van der Waals surface area contributed by atoms with Crippen molar-refractivity contribution in [3.05, 3.63) is 28.5 Å². The van der Waals surface area contributed by atoms with Gasteiger partial charge in [0, 0.05) is 24.0 Å². The summed E-state index contributed by atoms with van der Waals surface area (Å²) < 4.78 is 40.9. The Morgan fingerprint density at radius 2 is 2.10 bits per heavy atom. The maximum Gasteiger partial charge on any atom is 0.246 e. The highest BCUT2D eigenvalue weighted by Crippen LogP contribution is 2.23. The molecule has 0 aliphatic carbocycles. The molecule has 2 N–H and O–H groups in total. The van der Waals surface area contributed by atoms with Gasteiger partial charge in [-0.15, -0.1) is 0 Å². The minimum absolute atomic E-state index is 0.102. The van der Waals surface area contributed by atoms with Crippen LogP contribution < -0.4 is 5.73 Å². The second-order valence-corrected chi connectivity index (χ2v) is 8.39. The molecule has 0 aliphatic heterocycles. The third-order valence-corrected chi connectivity index (χ3v) is 5.28. The van der Waals surface area contributed by atoms with Crippen LogP contribution >= 0.6 is 28.1 Å². The van der Waals surface area contributed by atoms with Crippen LogP contribution in [-0.4, -0.2) is 30.8 Å². The van der Waals surface area contributed by atoms with E-state index in [1.54, 1.807) is 0 Å². The number of rotatable bonds is 7. The summed E-state index contributed by atoms with van der Waals surface area (Å²) in [5, 5.41) is 0. The molecule has 0 radical (unpaired) electrons. The Bertz CT molecular complexity index is 621. The predicted molar refractivity (Wildman–Crippen MR) is 89.1 cm³/mol. The summed E-state index contributed by atoms with van der Waals surface area (Å²) in [6.07, 6.45) is 0.263. The highest BCUT2D eigenvalue weighted by atomic mass is 79.9. The lowest BCUT2D eigenvalue weighted by Gasteiger charge is -2.24. The largest absolute Gasteiger partial charge is 0.393 e. The van der Waals surface area contributed by atoms with E-state index < -0.39 is 15.8 Å². The second kappa shape index (κ2) is 7.62. The highest BCUT2D eigenvalue weighted by molar-refractivity contribution is 9.10. The van der Waals surface area contributed by atoms with E-state index in [9.17, 15) is 12.8 Å². The van der Waals surface area contributed by atoms with Crippen LogP contribution in [0.5, 0.6) is 0 Å². The lowest BCUT2D eigenvalue weighted by molar-refractivity contribution is 0.372. The molecule has 0 bridgehead atoms. The van der Waals surface area contributed by atoms with Crippen molar-refractivity contribution in [2.75, 3.05) is 13.1 Å². The van der Waals surface area contributed by atoms with Gasteiger partial charge >= 0.3 is 0 Å². The van der Waals surface area contributed by atoms with Gasteiger partial charge in [-0.3, -0.25) is 0 Å². The van der Waals surface area contributed by atoms with Crippen molar-refractivity contribution in [2.24, 2.45) is 11.7 Å². The lowest BCUT2D eigenvalue weighted by atomic mass is 10.2. The SMILES string of the molecule is CC(C)CN(CCC(N)=S)S(=O)(=O)c1ccc(Br)cc1F. The normalized spacial score (nSPS) is 12.1. The summed E-state index contributed by atoms with van der Waals surface area (Å²) in [5.74, 6) is -0.682. The molecule has 0 fully saturated rings. The second-order valence-electron chi connectivity index (χ2n) is 5.05. The van der Waals surface area contributed by atoms with Gasteiger partial charge in [0.25, 0.3) is 0 Å². The maximum absolute atomic E-state index is 14.0. The molecule has 1 rings (SSSR count). The Morgan fingerprint density at radius 3 is 2.57 bits per heavy atom. The Labute approximate surface area is 138 Å². The number of nitrogens with two attached hydrogens (primary N) is 1. The van der Waals surface area contributed by atoms with Crippen LogP contribution in [-0.2, 0) is 10.0 Å². The van der Waals surface area contributed by atoms with Crippen LogP contribution in [0, 0.1) is 11.7 Å². The van der Waals surface area contributed by atoms with Crippen LogP contribution in [0.4, 0.5) is 4.39 Å². The van der Waals surface area contributed by atoms with E-state index in [1.165, 1.54) is 16.4 Å². The summed E-state index contributed by atoms with van der Waals surface area (Å²) in [4.78, 5) is -0.107. The van der Waals surface area contributed by atoms with Crippen LogP contribution in [0.3, 0.4) is 0 Å². The minimum Gasteiger partial charge on any atom is -0.393 e. The molecule has 0 saturated carbocycles. The lowest BCUT2D eigenvalue weighted by Crippen LogP contribution is -2.36. The van der Waals surface area contributed by atoms with Crippen molar-refractivity contribution < 1.29 is 12.8 Å². The fourth-order valence-corrected chi connectivity index (χ4v) is 3.85. The van der Waals surface area contributed by atoms with Crippen LogP contribution in [0.25, 0.3) is 0 Å². The van der Waals surface area contributed by atoms with Crippen LogP contribution in [0.2, 0.25) is 0 Å². The van der Waals surface area contributed by atoms with Gasteiger partial charge in [-0.1, -0.05) is 42.0 Å². The number of nitrogens with zero attached hydrogens (tertiary/aromatic N) is 1. The van der Waals surface area contributed by atoms with Crippen molar-refractivity contribution in [1.82, 2.24) is 4.31 Å². The number of thiocarbonyl (C=S) groups is 1. The molecule has 1 aromatic carbocycles. The minimum atomic E-state index is -3.92. The van der Waals surface area contributed by atoms with E-state index in [-0.39, 0.29) is 35.3 Å². The monoisotopic (exact) mass is 396 g/mol. The molecule has 8 heteroatoms. The first-order chi connectivity index (χ1) is 9.64. The molecule has 1 aromatic rings. The van der Waals surface area contributed by atoms with Gasteiger partial charge in [-0.05, 0) is 24.1 Å². The van der Waals surface area contributed by atoms with Gasteiger partial charge in [0.1, 0.15) is 10.7 Å². The topological polar surface area (TPSA) is 63.4 Å². The smallest absolute Gasteiger partial charge is 0.246 e. The van der Waals surface area contributed by atoms with Crippen LogP contribution in [0.15, 0.2) is 27.6 Å². The third kappa shape index (κ3) is 5.28. The summed E-state index contributed by atoms with van der Waals surface area (Å²) in [7, 11) is -3.92. The van der Waals surface area contributed by atoms with Crippen LogP contribution in [0.1, 0.15) is 20.3 Å². The Morgan fingerprint density at radius 1 is 1.48 bits per heavy atom. The number of hydrogen-bond acceptors (Lipinski definition) is 3. The van der Waals surface area contributed by atoms with Gasteiger partial charge in [-0.2, -0.15) is 4.31 Å². The van der Waals surface area contributed by atoms with Gasteiger partial charge in [0.2, 0.25) is 10.0 Å². The molecule has 0 aromatic heterocycles.